The van der Waals surface area contributed by atoms with Crippen LogP contribution in [0, 0.1) is 23.2 Å². The zero-order valence-electron chi connectivity index (χ0n) is 33.3. The Kier molecular flexibility index (Phi) is 13.0. The molecule has 6 atom stereocenters. The summed E-state index contributed by atoms with van der Waals surface area (Å²) in [6, 6.07) is 3.74. The van der Waals surface area contributed by atoms with Crippen molar-refractivity contribution in [2.24, 2.45) is 23.2 Å². The van der Waals surface area contributed by atoms with Gasteiger partial charge in [-0.25, -0.2) is 0 Å². The molecule has 0 saturated heterocycles. The first-order valence-corrected chi connectivity index (χ1v) is 27.5. The fourth-order valence-corrected chi connectivity index (χ4v) is 13.7. The van der Waals surface area contributed by atoms with E-state index in [0.29, 0.717) is 17.3 Å². The molecule has 3 rings (SSSR count). The van der Waals surface area contributed by atoms with Crippen molar-refractivity contribution in [2.75, 3.05) is 6.61 Å². The molecule has 6 heteroatoms. The molecule has 266 valence electrons. The molecule has 3 nitrogen and oxygen atoms in total. The minimum atomic E-state index is -1.97. The van der Waals surface area contributed by atoms with E-state index in [4.69, 9.17) is 13.3 Å². The van der Waals surface area contributed by atoms with Crippen LogP contribution in [0.4, 0.5) is 0 Å². The van der Waals surface area contributed by atoms with Crippen molar-refractivity contribution in [1.82, 2.24) is 0 Å². The quantitative estimate of drug-likeness (QED) is 0.151. The van der Waals surface area contributed by atoms with Gasteiger partial charge in [0.15, 0.2) is 25.0 Å². The number of allylic oxidation sites excluding steroid dienone is 3. The summed E-state index contributed by atoms with van der Waals surface area (Å²) >= 11 is 0. The third-order valence-corrected chi connectivity index (χ3v) is 27.7. The second-order valence-corrected chi connectivity index (χ2v) is 33.2. The summed E-state index contributed by atoms with van der Waals surface area (Å²) in [6.45, 7) is 41.4. The molecular weight excluding hydrogens is 613 g/mol. The molecule has 0 aliphatic heterocycles. The van der Waals surface area contributed by atoms with E-state index in [1.165, 1.54) is 61.4 Å². The molecule has 3 fully saturated rings. The second kappa shape index (κ2) is 14.9. The van der Waals surface area contributed by atoms with Gasteiger partial charge in [0.2, 0.25) is 0 Å². The van der Waals surface area contributed by atoms with Crippen molar-refractivity contribution in [2.45, 2.75) is 188 Å². The number of rotatable bonds is 12. The average Bonchev–Trinajstić information content (AvgIpc) is 3.31. The second-order valence-electron chi connectivity index (χ2n) is 18.9. The van der Waals surface area contributed by atoms with E-state index < -0.39 is 25.0 Å². The highest BCUT2D eigenvalue weighted by molar-refractivity contribution is 6.74. The minimum absolute atomic E-state index is 0.0347. The van der Waals surface area contributed by atoms with Gasteiger partial charge in [0.05, 0.1) is 12.2 Å². The molecule has 3 saturated carbocycles. The Labute approximate surface area is 290 Å². The summed E-state index contributed by atoms with van der Waals surface area (Å²) in [5.74, 6) is 2.09. The molecule has 0 amide bonds. The van der Waals surface area contributed by atoms with Crippen LogP contribution in [0.5, 0.6) is 0 Å². The predicted octanol–water partition coefficient (Wildman–Crippen LogP) is 12.8. The molecule has 0 aromatic carbocycles. The molecule has 0 heterocycles. The van der Waals surface area contributed by atoms with E-state index in [0.717, 1.165) is 25.4 Å². The first-order chi connectivity index (χ1) is 21.1. The van der Waals surface area contributed by atoms with E-state index in [1.807, 2.05) is 0 Å². The predicted molar refractivity (Wildman–Crippen MR) is 209 cm³/mol. The van der Waals surface area contributed by atoms with Crippen LogP contribution in [0.1, 0.15) is 121 Å². The van der Waals surface area contributed by atoms with E-state index in [1.54, 1.807) is 5.57 Å². The van der Waals surface area contributed by atoms with Crippen LogP contribution in [-0.2, 0) is 13.3 Å². The Hall–Kier alpha value is -0.249. The molecule has 0 aromatic rings. The monoisotopic (exact) mass is 689 g/mol. The Morgan fingerprint density at radius 3 is 1.80 bits per heavy atom. The standard InChI is InChI=1S/C40H76O3Si3/c1-17-46(18-2,19-3)41-29-30(4)34-24-25-35-33(21-20-26-40(34,35)12)23-22-32-27-36(42-44(13,14)38(6,7)8)31(5)37(28-32)43-45(15,16)39(9,10)11/h22-23,30,34-37H,5,17-21,24-29H2,1-4,6-16H3/b32-22?,33-23+/t30-,34?,35?,36-,37+,40-/m1/s1. The molecule has 3 aliphatic rings. The zero-order chi connectivity index (χ0) is 34.9. The van der Waals surface area contributed by atoms with Crippen LogP contribution in [-0.4, -0.2) is 43.8 Å². The van der Waals surface area contributed by atoms with Crippen molar-refractivity contribution < 1.29 is 13.3 Å². The lowest BCUT2D eigenvalue weighted by Gasteiger charge is -2.46. The first kappa shape index (κ1) is 40.2. The molecule has 2 unspecified atom stereocenters. The Morgan fingerprint density at radius 2 is 1.35 bits per heavy atom. The van der Waals surface area contributed by atoms with Gasteiger partial charge in [0.25, 0.3) is 0 Å². The first-order valence-electron chi connectivity index (χ1n) is 19.1. The maximum Gasteiger partial charge on any atom is 0.192 e. The van der Waals surface area contributed by atoms with Crippen molar-refractivity contribution in [1.29, 1.82) is 0 Å². The van der Waals surface area contributed by atoms with Crippen molar-refractivity contribution >= 4 is 25.0 Å². The lowest BCUT2D eigenvalue weighted by molar-refractivity contribution is 0.0721. The maximum absolute atomic E-state index is 7.11. The van der Waals surface area contributed by atoms with Crippen LogP contribution < -0.4 is 0 Å². The third kappa shape index (κ3) is 8.72. The van der Waals surface area contributed by atoms with Gasteiger partial charge in [-0.15, -0.1) is 0 Å². The smallest absolute Gasteiger partial charge is 0.192 e. The van der Waals surface area contributed by atoms with Crippen LogP contribution in [0.2, 0.25) is 54.4 Å². The fourth-order valence-electron chi connectivity index (χ4n) is 8.38. The molecule has 0 radical (unpaired) electrons. The molecule has 3 aliphatic carbocycles. The lowest BCUT2D eigenvalue weighted by Crippen LogP contribution is -2.49. The van der Waals surface area contributed by atoms with Gasteiger partial charge < -0.3 is 13.3 Å². The number of hydrogen-bond acceptors (Lipinski definition) is 3. The van der Waals surface area contributed by atoms with Crippen molar-refractivity contribution in [3.05, 3.63) is 35.5 Å². The topological polar surface area (TPSA) is 27.7 Å². The molecule has 46 heavy (non-hydrogen) atoms. The van der Waals surface area contributed by atoms with Crippen LogP contribution in [0.3, 0.4) is 0 Å². The molecule has 0 bridgehead atoms. The van der Waals surface area contributed by atoms with E-state index in [-0.39, 0.29) is 22.3 Å². The highest BCUT2D eigenvalue weighted by Crippen LogP contribution is 2.59. The van der Waals surface area contributed by atoms with Crippen molar-refractivity contribution in [3.63, 3.8) is 0 Å². The van der Waals surface area contributed by atoms with Gasteiger partial charge in [0, 0.05) is 6.61 Å². The largest absolute Gasteiger partial charge is 0.417 e. The van der Waals surface area contributed by atoms with E-state index in [9.17, 15) is 0 Å². The molecule has 0 aromatic heterocycles. The van der Waals surface area contributed by atoms with Crippen LogP contribution in [0.15, 0.2) is 35.5 Å². The summed E-state index contributed by atoms with van der Waals surface area (Å²) in [7, 11) is -5.50. The van der Waals surface area contributed by atoms with Crippen LogP contribution >= 0.6 is 0 Å². The molecule has 0 spiro atoms. The van der Waals surface area contributed by atoms with Crippen LogP contribution in [0.25, 0.3) is 0 Å². The summed E-state index contributed by atoms with van der Waals surface area (Å²) in [4.78, 5) is 0. The zero-order valence-corrected chi connectivity index (χ0v) is 36.3. The summed E-state index contributed by atoms with van der Waals surface area (Å²) in [5, 5.41) is 0.320. The van der Waals surface area contributed by atoms with Gasteiger partial charge in [-0.05, 0) is 128 Å². The summed E-state index contributed by atoms with van der Waals surface area (Å²) < 4.78 is 21.1. The average molecular weight is 689 g/mol. The normalized spacial score (nSPS) is 31.1. The minimum Gasteiger partial charge on any atom is -0.417 e. The highest BCUT2D eigenvalue weighted by Gasteiger charge is 2.51. The maximum atomic E-state index is 7.11. The summed E-state index contributed by atoms with van der Waals surface area (Å²) in [6.07, 6.45) is 13.6. The van der Waals surface area contributed by atoms with E-state index >= 15 is 0 Å². The molecule has 0 N–H and O–H groups in total. The van der Waals surface area contributed by atoms with Crippen molar-refractivity contribution in [3.8, 4) is 0 Å². The van der Waals surface area contributed by atoms with Gasteiger partial charge in [-0.1, -0.05) is 106 Å². The Bertz CT molecular complexity index is 1050. The van der Waals surface area contributed by atoms with E-state index in [2.05, 4.69) is 121 Å². The van der Waals surface area contributed by atoms with Gasteiger partial charge >= 0.3 is 0 Å². The highest BCUT2D eigenvalue weighted by atomic mass is 28.4. The third-order valence-electron chi connectivity index (χ3n) is 14.1. The fraction of sp³-hybridized carbons (Fsp3) is 0.850. The van der Waals surface area contributed by atoms with Gasteiger partial charge in [-0.3, -0.25) is 0 Å². The van der Waals surface area contributed by atoms with Gasteiger partial charge in [0.1, 0.15) is 0 Å². The number of fused-ring (bicyclic) bond motifs is 1. The molecular formula is C40H76O3Si3. The van der Waals surface area contributed by atoms with Gasteiger partial charge in [-0.2, -0.15) is 0 Å². The number of hydrogen-bond donors (Lipinski definition) is 0. The Morgan fingerprint density at radius 1 is 0.848 bits per heavy atom. The Balaban J connectivity index is 1.86. The summed E-state index contributed by atoms with van der Waals surface area (Å²) in [5.41, 5.74) is 4.74. The lowest BCUT2D eigenvalue weighted by atomic mass is 9.61. The SMILES string of the molecule is C=C1[C@@H](O[Si](C)(C)C(C)(C)C)CC(=C/C=C2\CCC[C@@]3(C)C2CCC3[C@H](C)CO[Si](CC)(CC)CC)C[C@H]1O[Si](C)(C)C(C)(C)C.